The van der Waals surface area contributed by atoms with Crippen LogP contribution in [0.15, 0.2) is 28.7 Å². The summed E-state index contributed by atoms with van der Waals surface area (Å²) in [6.07, 6.45) is 3.48. The van der Waals surface area contributed by atoms with Crippen LogP contribution in [-0.4, -0.2) is 36.7 Å². The predicted molar refractivity (Wildman–Crippen MR) is 67.6 cm³/mol. The Morgan fingerprint density at radius 1 is 1.31 bits per heavy atom. The van der Waals surface area contributed by atoms with E-state index >= 15 is 0 Å². The van der Waals surface area contributed by atoms with Gasteiger partial charge in [-0.3, -0.25) is 4.90 Å². The molecule has 0 N–H and O–H groups in total. The van der Waals surface area contributed by atoms with E-state index in [2.05, 4.69) is 45.1 Å². The summed E-state index contributed by atoms with van der Waals surface area (Å²) in [5.74, 6) is 0. The van der Waals surface area contributed by atoms with Gasteiger partial charge in [-0.2, -0.15) is 0 Å². The lowest BCUT2D eigenvalue weighted by atomic mass is 9.98. The quantitative estimate of drug-likeness (QED) is 0.844. The van der Waals surface area contributed by atoms with Crippen LogP contribution in [0, 0.1) is 0 Å². The number of halogens is 1. The van der Waals surface area contributed by atoms with Gasteiger partial charge in [0, 0.05) is 30.5 Å². The van der Waals surface area contributed by atoms with Gasteiger partial charge in [0.15, 0.2) is 0 Å². The second kappa shape index (κ2) is 4.47. The summed E-state index contributed by atoms with van der Waals surface area (Å²) in [5, 5.41) is 0. The maximum absolute atomic E-state index is 5.63. The summed E-state index contributed by atoms with van der Waals surface area (Å²) >= 11 is 3.51. The van der Waals surface area contributed by atoms with Gasteiger partial charge in [-0.1, -0.05) is 28.1 Å². The van der Waals surface area contributed by atoms with Crippen LogP contribution in [0.4, 0.5) is 0 Å². The summed E-state index contributed by atoms with van der Waals surface area (Å²) in [4.78, 5) is 2.53. The van der Waals surface area contributed by atoms with Crippen LogP contribution >= 0.6 is 15.9 Å². The summed E-state index contributed by atoms with van der Waals surface area (Å²) < 4.78 is 6.80. The molecule has 3 fully saturated rings. The average molecular weight is 282 g/mol. The molecule has 3 saturated heterocycles. The van der Waals surface area contributed by atoms with Crippen LogP contribution in [0.3, 0.4) is 0 Å². The molecule has 0 amide bonds. The van der Waals surface area contributed by atoms with E-state index in [1.165, 1.54) is 16.5 Å². The zero-order valence-electron chi connectivity index (χ0n) is 9.23. The van der Waals surface area contributed by atoms with E-state index in [1.54, 1.807) is 0 Å². The fraction of sp³-hybridized carbons (Fsp3) is 0.538. The van der Waals surface area contributed by atoms with Crippen molar-refractivity contribution in [2.75, 3.05) is 19.6 Å². The first-order valence-corrected chi connectivity index (χ1v) is 6.71. The third-order valence-corrected chi connectivity index (χ3v) is 3.93. The van der Waals surface area contributed by atoms with Crippen molar-refractivity contribution in [1.82, 2.24) is 4.90 Å². The zero-order valence-corrected chi connectivity index (χ0v) is 10.8. The molecule has 3 aliphatic heterocycles. The minimum absolute atomic E-state index is 0.529. The molecule has 0 spiro atoms. The highest BCUT2D eigenvalue weighted by atomic mass is 79.9. The van der Waals surface area contributed by atoms with Crippen molar-refractivity contribution < 1.29 is 4.74 Å². The van der Waals surface area contributed by atoms with Gasteiger partial charge >= 0.3 is 0 Å². The van der Waals surface area contributed by atoms with E-state index in [4.69, 9.17) is 4.74 Å². The van der Waals surface area contributed by atoms with Gasteiger partial charge in [0.2, 0.25) is 0 Å². The van der Waals surface area contributed by atoms with E-state index < -0.39 is 0 Å². The molecule has 2 nitrogen and oxygen atoms in total. The third-order valence-electron chi connectivity index (χ3n) is 3.44. The Hall–Kier alpha value is -0.380. The molecule has 0 radical (unpaired) electrons. The van der Waals surface area contributed by atoms with E-state index in [0.717, 1.165) is 26.1 Å². The predicted octanol–water partition coefficient (Wildman–Crippen LogP) is 2.46. The molecule has 2 bridgehead atoms. The first kappa shape index (κ1) is 10.8. The van der Waals surface area contributed by atoms with Gasteiger partial charge < -0.3 is 4.74 Å². The molecule has 0 aliphatic carbocycles. The van der Waals surface area contributed by atoms with E-state index in [0.29, 0.717) is 12.2 Å². The molecule has 3 heteroatoms. The molecular formula is C13H16BrNO. The van der Waals surface area contributed by atoms with Crippen molar-refractivity contribution in [3.63, 3.8) is 0 Å². The second-order valence-corrected chi connectivity index (χ2v) is 5.67. The fourth-order valence-electron chi connectivity index (χ4n) is 2.60. The van der Waals surface area contributed by atoms with Gasteiger partial charge in [0.1, 0.15) is 0 Å². The molecule has 0 saturated carbocycles. The highest BCUT2D eigenvalue weighted by Gasteiger charge is 2.37. The largest absolute Gasteiger partial charge is 0.372 e. The van der Waals surface area contributed by atoms with Crippen LogP contribution in [0.2, 0.25) is 0 Å². The van der Waals surface area contributed by atoms with E-state index in [9.17, 15) is 0 Å². The lowest BCUT2D eigenvalue weighted by Crippen LogP contribution is -2.57. The number of piperidine rings is 1. The van der Waals surface area contributed by atoms with Crippen molar-refractivity contribution >= 4 is 15.9 Å². The molecule has 3 heterocycles. The molecule has 0 aromatic heterocycles. The topological polar surface area (TPSA) is 12.5 Å². The van der Waals surface area contributed by atoms with Crippen molar-refractivity contribution in [1.29, 1.82) is 0 Å². The lowest BCUT2D eigenvalue weighted by molar-refractivity contribution is -0.180. The number of hydrogen-bond acceptors (Lipinski definition) is 2. The highest BCUT2D eigenvalue weighted by molar-refractivity contribution is 9.10. The standard InChI is InChI=1S/C13H16BrNO/c14-11-3-1-2-10(6-11)4-5-15-8-12-7-13(9-15)16-12/h1-3,6,12-13H,4-5,7-9H2. The number of morpholine rings is 1. The normalized spacial score (nSPS) is 28.8. The van der Waals surface area contributed by atoms with E-state index in [-0.39, 0.29) is 0 Å². The van der Waals surface area contributed by atoms with E-state index in [1.807, 2.05) is 0 Å². The average Bonchev–Trinajstić information content (AvgIpc) is 2.26. The minimum atomic E-state index is 0.529. The monoisotopic (exact) mass is 281 g/mol. The first-order valence-electron chi connectivity index (χ1n) is 5.92. The van der Waals surface area contributed by atoms with Gasteiger partial charge in [-0.25, -0.2) is 0 Å². The Morgan fingerprint density at radius 2 is 2.06 bits per heavy atom. The summed E-state index contributed by atoms with van der Waals surface area (Å²) in [5.41, 5.74) is 1.41. The van der Waals surface area contributed by atoms with Gasteiger partial charge in [-0.15, -0.1) is 0 Å². The highest BCUT2D eigenvalue weighted by Crippen LogP contribution is 2.27. The van der Waals surface area contributed by atoms with Crippen LogP contribution in [0.5, 0.6) is 0 Å². The fourth-order valence-corrected chi connectivity index (χ4v) is 3.05. The zero-order chi connectivity index (χ0) is 11.0. The maximum Gasteiger partial charge on any atom is 0.0731 e. The van der Waals surface area contributed by atoms with Gasteiger partial charge in [-0.05, 0) is 24.1 Å². The van der Waals surface area contributed by atoms with Crippen molar-refractivity contribution in [3.05, 3.63) is 34.3 Å². The van der Waals surface area contributed by atoms with Gasteiger partial charge in [0.25, 0.3) is 0 Å². The first-order chi connectivity index (χ1) is 7.79. The SMILES string of the molecule is Brc1cccc(CCN2CC3CC(C2)O3)c1. The summed E-state index contributed by atoms with van der Waals surface area (Å²) in [7, 11) is 0. The molecular weight excluding hydrogens is 266 g/mol. The number of hydrogen-bond donors (Lipinski definition) is 0. The third kappa shape index (κ3) is 2.31. The number of benzene rings is 1. The minimum Gasteiger partial charge on any atom is -0.372 e. The smallest absolute Gasteiger partial charge is 0.0731 e. The molecule has 2 atom stereocenters. The van der Waals surface area contributed by atoms with Crippen LogP contribution in [-0.2, 0) is 11.2 Å². The van der Waals surface area contributed by atoms with Crippen LogP contribution in [0.25, 0.3) is 0 Å². The summed E-state index contributed by atoms with van der Waals surface area (Å²) in [6, 6.07) is 8.59. The number of rotatable bonds is 3. The van der Waals surface area contributed by atoms with Crippen LogP contribution in [0.1, 0.15) is 12.0 Å². The Bertz CT molecular complexity index is 366. The Morgan fingerprint density at radius 3 is 2.75 bits per heavy atom. The molecule has 1 aromatic carbocycles. The van der Waals surface area contributed by atoms with Crippen LogP contribution < -0.4 is 0 Å². The molecule has 3 aliphatic rings. The summed E-state index contributed by atoms with van der Waals surface area (Å²) in [6.45, 7) is 3.42. The lowest BCUT2D eigenvalue weighted by Gasteiger charge is -2.47. The molecule has 4 rings (SSSR count). The molecule has 86 valence electrons. The van der Waals surface area contributed by atoms with Crippen molar-refractivity contribution in [2.45, 2.75) is 25.0 Å². The number of nitrogens with zero attached hydrogens (tertiary/aromatic N) is 1. The Kier molecular flexibility index (Phi) is 3.01. The van der Waals surface area contributed by atoms with Crippen molar-refractivity contribution in [3.8, 4) is 0 Å². The Labute approximate surface area is 105 Å². The second-order valence-electron chi connectivity index (χ2n) is 4.76. The van der Waals surface area contributed by atoms with Crippen molar-refractivity contribution in [2.24, 2.45) is 0 Å². The Balaban J connectivity index is 1.52. The molecule has 1 aromatic rings. The molecule has 2 unspecified atom stereocenters. The maximum atomic E-state index is 5.63. The number of fused-ring (bicyclic) bond motifs is 2. The number of ether oxygens (including phenoxy) is 1. The van der Waals surface area contributed by atoms with Gasteiger partial charge in [0.05, 0.1) is 12.2 Å². The molecule has 16 heavy (non-hydrogen) atoms.